The van der Waals surface area contributed by atoms with E-state index in [2.05, 4.69) is 10.6 Å². The highest BCUT2D eigenvalue weighted by Gasteiger charge is 2.70. The molecular formula is C29H26ClN3O4. The largest absolute Gasteiger partial charge is 0.508 e. The van der Waals surface area contributed by atoms with Gasteiger partial charge in [-0.05, 0) is 54.7 Å². The zero-order valence-electron chi connectivity index (χ0n) is 20.2. The Morgan fingerprint density at radius 3 is 2.43 bits per heavy atom. The molecule has 0 radical (unpaired) electrons. The van der Waals surface area contributed by atoms with Crippen molar-refractivity contribution in [1.82, 2.24) is 10.2 Å². The van der Waals surface area contributed by atoms with E-state index in [9.17, 15) is 19.5 Å². The van der Waals surface area contributed by atoms with Crippen LogP contribution in [0.4, 0.5) is 5.69 Å². The minimum atomic E-state index is -1.40. The second-order valence-electron chi connectivity index (χ2n) is 10.1. The first-order valence-electron chi connectivity index (χ1n) is 12.4. The Hall–Kier alpha value is -3.68. The van der Waals surface area contributed by atoms with E-state index in [1.54, 1.807) is 30.3 Å². The topological polar surface area (TPSA) is 98.7 Å². The van der Waals surface area contributed by atoms with E-state index in [1.807, 2.05) is 43.3 Å². The van der Waals surface area contributed by atoms with Crippen LogP contribution in [0.2, 0.25) is 5.02 Å². The number of phenols is 1. The third-order valence-electron chi connectivity index (χ3n) is 7.87. The number of fused-ring (bicyclic) bond motifs is 4. The van der Waals surface area contributed by atoms with E-state index < -0.39 is 23.4 Å². The predicted octanol–water partition coefficient (Wildman–Crippen LogP) is 3.56. The average Bonchev–Trinajstić information content (AvgIpc) is 3.45. The van der Waals surface area contributed by atoms with Crippen LogP contribution in [-0.4, -0.2) is 40.3 Å². The summed E-state index contributed by atoms with van der Waals surface area (Å²) >= 11 is 6.51. The molecule has 3 aliphatic rings. The van der Waals surface area contributed by atoms with E-state index in [-0.39, 0.29) is 30.0 Å². The number of imide groups is 1. The molecule has 3 N–H and O–H groups in total. The van der Waals surface area contributed by atoms with Crippen molar-refractivity contribution in [2.24, 2.45) is 11.8 Å². The Labute approximate surface area is 219 Å². The van der Waals surface area contributed by atoms with Gasteiger partial charge in [0, 0.05) is 18.2 Å². The van der Waals surface area contributed by atoms with Gasteiger partial charge in [0.25, 0.3) is 0 Å². The lowest BCUT2D eigenvalue weighted by molar-refractivity contribution is -0.142. The van der Waals surface area contributed by atoms with Gasteiger partial charge >= 0.3 is 0 Å². The molecule has 188 valence electrons. The van der Waals surface area contributed by atoms with Crippen molar-refractivity contribution < 1.29 is 19.5 Å². The number of nitrogens with zero attached hydrogens (tertiary/aromatic N) is 1. The zero-order valence-corrected chi connectivity index (χ0v) is 21.0. The summed E-state index contributed by atoms with van der Waals surface area (Å²) in [6, 6.07) is 19.6. The van der Waals surface area contributed by atoms with Crippen molar-refractivity contribution in [2.75, 3.05) is 11.9 Å². The average molecular weight is 516 g/mol. The molecule has 1 spiro atoms. The van der Waals surface area contributed by atoms with Gasteiger partial charge in [0.1, 0.15) is 11.3 Å². The molecule has 37 heavy (non-hydrogen) atoms. The third-order valence-corrected chi connectivity index (χ3v) is 8.17. The number of aryl methyl sites for hydroxylation is 1. The lowest BCUT2D eigenvalue weighted by Crippen LogP contribution is -2.53. The number of phenolic OH excluding ortho intramolecular Hbond substituents is 1. The summed E-state index contributed by atoms with van der Waals surface area (Å²) in [4.78, 5) is 42.8. The van der Waals surface area contributed by atoms with Gasteiger partial charge in [-0.25, -0.2) is 0 Å². The maximum atomic E-state index is 14.0. The molecule has 6 rings (SSSR count). The highest BCUT2D eigenvalue weighted by Crippen LogP contribution is 2.54. The molecule has 2 saturated heterocycles. The molecule has 8 heteroatoms. The van der Waals surface area contributed by atoms with Crippen molar-refractivity contribution in [1.29, 1.82) is 0 Å². The molecule has 0 saturated carbocycles. The van der Waals surface area contributed by atoms with Crippen LogP contribution in [-0.2, 0) is 32.8 Å². The predicted molar refractivity (Wildman–Crippen MR) is 139 cm³/mol. The molecule has 3 heterocycles. The van der Waals surface area contributed by atoms with Crippen molar-refractivity contribution in [3.05, 3.63) is 94.0 Å². The molecule has 0 aliphatic carbocycles. The summed E-state index contributed by atoms with van der Waals surface area (Å²) in [5.74, 6) is -2.44. The van der Waals surface area contributed by atoms with Crippen LogP contribution < -0.4 is 10.6 Å². The lowest BCUT2D eigenvalue weighted by Gasteiger charge is -2.30. The number of hydrogen-bond donors (Lipinski definition) is 3. The number of aromatic hydroxyl groups is 1. The minimum absolute atomic E-state index is 0.144. The first kappa shape index (κ1) is 23.7. The Morgan fingerprint density at radius 1 is 0.973 bits per heavy atom. The molecule has 3 amide bonds. The van der Waals surface area contributed by atoms with Gasteiger partial charge in [0.05, 0.1) is 22.5 Å². The summed E-state index contributed by atoms with van der Waals surface area (Å²) in [5, 5.41) is 16.4. The van der Waals surface area contributed by atoms with Gasteiger partial charge in [-0.3, -0.25) is 24.6 Å². The smallest absolute Gasteiger partial charge is 0.250 e. The Bertz CT molecular complexity index is 1430. The molecule has 2 fully saturated rings. The Balaban J connectivity index is 1.42. The quantitative estimate of drug-likeness (QED) is 0.451. The molecule has 3 aromatic rings. The van der Waals surface area contributed by atoms with Gasteiger partial charge in [0.15, 0.2) is 0 Å². The number of carbonyl (C=O) groups excluding carboxylic acids is 3. The summed E-state index contributed by atoms with van der Waals surface area (Å²) in [5.41, 5.74) is 2.46. The summed E-state index contributed by atoms with van der Waals surface area (Å²) in [6.45, 7) is 2.14. The summed E-state index contributed by atoms with van der Waals surface area (Å²) < 4.78 is 0. The number of nitrogens with one attached hydrogen (secondary N) is 2. The number of halogens is 1. The van der Waals surface area contributed by atoms with Crippen LogP contribution in [0.15, 0.2) is 66.7 Å². The Morgan fingerprint density at radius 2 is 1.70 bits per heavy atom. The molecule has 4 atom stereocenters. The maximum absolute atomic E-state index is 14.0. The van der Waals surface area contributed by atoms with Crippen molar-refractivity contribution in [3.8, 4) is 5.75 Å². The summed E-state index contributed by atoms with van der Waals surface area (Å²) in [7, 11) is 0. The van der Waals surface area contributed by atoms with Crippen molar-refractivity contribution >= 4 is 35.0 Å². The highest BCUT2D eigenvalue weighted by molar-refractivity contribution is 6.35. The van der Waals surface area contributed by atoms with Crippen LogP contribution in [0.3, 0.4) is 0 Å². The first-order chi connectivity index (χ1) is 17.8. The number of hydrogen-bond acceptors (Lipinski definition) is 5. The van der Waals surface area contributed by atoms with Crippen LogP contribution in [0, 0.1) is 18.8 Å². The number of likely N-dealkylation sites (tertiary alicyclic amines) is 1. The molecule has 0 aromatic heterocycles. The second-order valence-corrected chi connectivity index (χ2v) is 10.5. The van der Waals surface area contributed by atoms with Gasteiger partial charge in [-0.1, -0.05) is 60.1 Å². The summed E-state index contributed by atoms with van der Waals surface area (Å²) in [6.07, 6.45) is 0.950. The Kier molecular flexibility index (Phi) is 5.58. The fraction of sp³-hybridized carbons (Fsp3) is 0.276. The van der Waals surface area contributed by atoms with Gasteiger partial charge < -0.3 is 10.4 Å². The van der Waals surface area contributed by atoms with E-state index >= 15 is 0 Å². The maximum Gasteiger partial charge on any atom is 0.250 e. The number of amides is 3. The fourth-order valence-electron chi connectivity index (χ4n) is 6.22. The molecule has 3 aliphatic heterocycles. The number of carbonyl (C=O) groups is 3. The highest BCUT2D eigenvalue weighted by atomic mass is 35.5. The van der Waals surface area contributed by atoms with E-state index in [1.165, 1.54) is 4.90 Å². The van der Waals surface area contributed by atoms with E-state index in [0.29, 0.717) is 29.1 Å². The SMILES string of the molecule is Cc1cc(Cl)c2c(c1)C1(NC(Cc3ccc(O)cc3)C3C(=O)N(CCc4ccccc4)C(=O)C31)C(=O)N2. The molecule has 0 bridgehead atoms. The molecule has 3 aromatic carbocycles. The molecule has 4 unspecified atom stereocenters. The van der Waals surface area contributed by atoms with Crippen LogP contribution in [0.1, 0.15) is 22.3 Å². The van der Waals surface area contributed by atoms with Crippen molar-refractivity contribution in [3.63, 3.8) is 0 Å². The fourth-order valence-corrected chi connectivity index (χ4v) is 6.54. The standard InChI is InChI=1S/C29H26ClN3O4/c1-16-13-20-25(21(30)14-16)31-28(37)29(20)24-23(22(32-29)15-18-7-9-19(34)10-8-18)26(35)33(27(24)36)12-11-17-5-3-2-4-6-17/h2-10,13-14,22-24,32,34H,11-12,15H2,1H3,(H,31,37). The van der Waals surface area contributed by atoms with Crippen LogP contribution in [0.5, 0.6) is 5.75 Å². The molecule has 7 nitrogen and oxygen atoms in total. The van der Waals surface area contributed by atoms with Crippen molar-refractivity contribution in [2.45, 2.75) is 31.3 Å². The zero-order chi connectivity index (χ0) is 25.9. The second kappa shape index (κ2) is 8.71. The number of benzene rings is 3. The molecular weight excluding hydrogens is 490 g/mol. The van der Waals surface area contributed by atoms with Crippen LogP contribution in [0.25, 0.3) is 0 Å². The van der Waals surface area contributed by atoms with Gasteiger partial charge in [0.2, 0.25) is 17.7 Å². The minimum Gasteiger partial charge on any atom is -0.508 e. The lowest BCUT2D eigenvalue weighted by atomic mass is 9.76. The number of rotatable bonds is 5. The van der Waals surface area contributed by atoms with E-state index in [4.69, 9.17) is 11.6 Å². The normalized spacial score (nSPS) is 26.1. The monoisotopic (exact) mass is 515 g/mol. The first-order valence-corrected chi connectivity index (χ1v) is 12.7. The number of anilines is 1. The third kappa shape index (κ3) is 3.64. The van der Waals surface area contributed by atoms with Crippen LogP contribution >= 0.6 is 11.6 Å². The van der Waals surface area contributed by atoms with Gasteiger partial charge in [-0.15, -0.1) is 0 Å². The van der Waals surface area contributed by atoms with Gasteiger partial charge in [-0.2, -0.15) is 0 Å². The van der Waals surface area contributed by atoms with E-state index in [0.717, 1.165) is 16.7 Å².